The van der Waals surface area contributed by atoms with Gasteiger partial charge in [-0.15, -0.1) is 0 Å². The first-order valence-electron chi connectivity index (χ1n) is 7.90. The molecule has 0 spiro atoms. The minimum atomic E-state index is 0. The first kappa shape index (κ1) is 24.8. The summed E-state index contributed by atoms with van der Waals surface area (Å²) in [5, 5.41) is 0. The summed E-state index contributed by atoms with van der Waals surface area (Å²) in [7, 11) is 13.5. The molecule has 22 heavy (non-hydrogen) atoms. The lowest BCUT2D eigenvalue weighted by Gasteiger charge is -2.23. The minimum Gasteiger partial charge on any atom is -1.00 e. The molecular formula is C18H34I2N2. The van der Waals surface area contributed by atoms with Crippen molar-refractivity contribution in [3.8, 4) is 0 Å². The second-order valence-corrected chi connectivity index (χ2v) is 7.86. The molecule has 0 aliphatic rings. The Morgan fingerprint density at radius 1 is 0.682 bits per heavy atom. The topological polar surface area (TPSA) is 0 Å². The lowest BCUT2D eigenvalue weighted by atomic mass is 10.1. The van der Waals surface area contributed by atoms with Gasteiger partial charge in [-0.2, -0.15) is 0 Å². The third-order valence-electron chi connectivity index (χ3n) is 3.76. The smallest absolute Gasteiger partial charge is 0.132 e. The highest BCUT2D eigenvalue weighted by Gasteiger charge is 2.10. The van der Waals surface area contributed by atoms with Crippen molar-refractivity contribution in [1.29, 1.82) is 0 Å². The largest absolute Gasteiger partial charge is 1.00 e. The van der Waals surface area contributed by atoms with E-state index < -0.39 is 0 Å². The van der Waals surface area contributed by atoms with E-state index in [0.29, 0.717) is 0 Å². The van der Waals surface area contributed by atoms with Crippen molar-refractivity contribution in [3.63, 3.8) is 0 Å². The Morgan fingerprint density at radius 2 is 1.18 bits per heavy atom. The number of hydrogen-bond acceptors (Lipinski definition) is 0. The molecule has 130 valence electrons. The van der Waals surface area contributed by atoms with Gasteiger partial charge in [0.05, 0.1) is 48.8 Å². The molecule has 0 N–H and O–H groups in total. The highest BCUT2D eigenvalue weighted by atomic mass is 127. The zero-order valence-corrected chi connectivity index (χ0v) is 19.5. The maximum Gasteiger partial charge on any atom is 0.132 e. The van der Waals surface area contributed by atoms with Gasteiger partial charge in [0.2, 0.25) is 0 Å². The summed E-state index contributed by atoms with van der Waals surface area (Å²) < 4.78 is 1.98. The van der Waals surface area contributed by atoms with E-state index >= 15 is 0 Å². The predicted octanol–water partition coefficient (Wildman–Crippen LogP) is -2.30. The third kappa shape index (κ3) is 11.2. The van der Waals surface area contributed by atoms with Crippen molar-refractivity contribution in [2.75, 3.05) is 48.8 Å². The molecule has 0 atom stereocenters. The van der Waals surface area contributed by atoms with Crippen LogP contribution in [0.25, 0.3) is 0 Å². The van der Waals surface area contributed by atoms with Gasteiger partial charge in [-0.3, -0.25) is 4.48 Å². The van der Waals surface area contributed by atoms with Gasteiger partial charge in [0.15, 0.2) is 0 Å². The Morgan fingerprint density at radius 3 is 1.64 bits per heavy atom. The normalized spacial score (nSPS) is 11.5. The van der Waals surface area contributed by atoms with Crippen LogP contribution in [-0.4, -0.2) is 53.3 Å². The Bertz CT molecular complexity index is 389. The first-order chi connectivity index (χ1) is 9.18. The number of hydrogen-bond donors (Lipinski definition) is 0. The zero-order valence-electron chi connectivity index (χ0n) is 15.2. The van der Waals surface area contributed by atoms with Gasteiger partial charge in [0.25, 0.3) is 0 Å². The highest BCUT2D eigenvalue weighted by molar-refractivity contribution is 5.42. The van der Waals surface area contributed by atoms with Crippen LogP contribution in [0.2, 0.25) is 0 Å². The molecule has 0 aromatic heterocycles. The Kier molecular flexibility index (Phi) is 12.7. The van der Waals surface area contributed by atoms with Crippen molar-refractivity contribution in [3.05, 3.63) is 29.8 Å². The number of nitrogens with zero attached hydrogens (tertiary/aromatic N) is 2. The summed E-state index contributed by atoms with van der Waals surface area (Å²) in [6.07, 6.45) is 6.62. The van der Waals surface area contributed by atoms with E-state index in [4.69, 9.17) is 0 Å². The van der Waals surface area contributed by atoms with E-state index in [1.54, 1.807) is 0 Å². The summed E-state index contributed by atoms with van der Waals surface area (Å²) in [4.78, 5) is 0. The van der Waals surface area contributed by atoms with Gasteiger partial charge in [-0.05, 0) is 43.4 Å². The van der Waals surface area contributed by atoms with Crippen LogP contribution in [0.5, 0.6) is 0 Å². The monoisotopic (exact) mass is 532 g/mol. The molecule has 0 unspecified atom stereocenters. The van der Waals surface area contributed by atoms with Gasteiger partial charge in [0.1, 0.15) is 5.69 Å². The first-order valence-corrected chi connectivity index (χ1v) is 7.90. The average molecular weight is 532 g/mol. The summed E-state index contributed by atoms with van der Waals surface area (Å²) in [6.45, 7) is 1.29. The molecule has 0 radical (unpaired) electrons. The van der Waals surface area contributed by atoms with Crippen LogP contribution in [0.4, 0.5) is 5.69 Å². The van der Waals surface area contributed by atoms with Crippen molar-refractivity contribution in [2.24, 2.45) is 0 Å². The Labute approximate surface area is 172 Å². The van der Waals surface area contributed by atoms with E-state index in [0.717, 1.165) is 8.97 Å². The summed E-state index contributed by atoms with van der Waals surface area (Å²) in [5.74, 6) is 0. The Balaban J connectivity index is 0. The van der Waals surface area contributed by atoms with Gasteiger partial charge in [0, 0.05) is 0 Å². The highest BCUT2D eigenvalue weighted by Crippen LogP contribution is 2.18. The molecule has 1 rings (SSSR count). The van der Waals surface area contributed by atoms with Crippen LogP contribution in [0.1, 0.15) is 31.2 Å². The molecule has 1 aromatic carbocycles. The number of halogens is 2. The van der Waals surface area contributed by atoms with Crippen LogP contribution < -0.4 is 52.4 Å². The summed E-state index contributed by atoms with van der Waals surface area (Å²) in [6, 6.07) is 9.13. The maximum absolute atomic E-state index is 2.30. The fourth-order valence-electron chi connectivity index (χ4n) is 2.38. The standard InChI is InChI=1S/C18H34N2.2HI/c1-19(2,3)16-10-8-7-9-11-17-12-14-18(15-13-17)20(4,5)6;;/h12-15H,7-11,16H2,1-6H3;2*1H/q+2;;/p-2. The molecule has 2 nitrogen and oxygen atoms in total. The van der Waals surface area contributed by atoms with Crippen LogP contribution in [0, 0.1) is 0 Å². The molecule has 0 amide bonds. The van der Waals surface area contributed by atoms with E-state index in [2.05, 4.69) is 66.6 Å². The lowest BCUT2D eigenvalue weighted by Crippen LogP contribution is -3.00. The summed E-state index contributed by atoms with van der Waals surface area (Å²) in [5.41, 5.74) is 2.85. The second kappa shape index (κ2) is 11.2. The molecule has 0 aliphatic heterocycles. The molecule has 0 saturated carbocycles. The fraction of sp³-hybridized carbons (Fsp3) is 0.667. The van der Waals surface area contributed by atoms with Gasteiger partial charge in [-0.25, -0.2) is 0 Å². The second-order valence-electron chi connectivity index (χ2n) is 7.86. The number of quaternary nitrogens is 2. The van der Waals surface area contributed by atoms with Gasteiger partial charge < -0.3 is 52.4 Å². The Hall–Kier alpha value is 0.600. The molecule has 0 bridgehead atoms. The fourth-order valence-corrected chi connectivity index (χ4v) is 2.38. The molecular weight excluding hydrogens is 498 g/mol. The van der Waals surface area contributed by atoms with Crippen LogP contribution in [0.15, 0.2) is 24.3 Å². The number of unbranched alkanes of at least 4 members (excludes halogenated alkanes) is 3. The number of rotatable bonds is 8. The van der Waals surface area contributed by atoms with Crippen molar-refractivity contribution < 1.29 is 52.4 Å². The predicted molar refractivity (Wildman–Crippen MR) is 91.1 cm³/mol. The van der Waals surface area contributed by atoms with Crippen LogP contribution in [-0.2, 0) is 6.42 Å². The van der Waals surface area contributed by atoms with Crippen LogP contribution in [0.3, 0.4) is 0 Å². The van der Waals surface area contributed by atoms with Crippen molar-refractivity contribution in [1.82, 2.24) is 4.48 Å². The molecule has 0 fully saturated rings. The lowest BCUT2D eigenvalue weighted by molar-refractivity contribution is -0.870. The van der Waals surface area contributed by atoms with Crippen molar-refractivity contribution >= 4 is 5.69 Å². The molecule has 0 saturated heterocycles. The van der Waals surface area contributed by atoms with Crippen molar-refractivity contribution in [2.45, 2.75) is 32.1 Å². The minimum absolute atomic E-state index is 0. The summed E-state index contributed by atoms with van der Waals surface area (Å²) >= 11 is 0. The van der Waals surface area contributed by atoms with Gasteiger partial charge in [-0.1, -0.05) is 18.6 Å². The zero-order chi connectivity index (χ0) is 15.2. The van der Waals surface area contributed by atoms with E-state index in [9.17, 15) is 0 Å². The SMILES string of the molecule is C[N+](C)(C)CCCCCCc1ccc([N+](C)(C)C)cc1.[I-].[I-]. The van der Waals surface area contributed by atoms with E-state index in [1.165, 1.54) is 49.9 Å². The van der Waals surface area contributed by atoms with Crippen LogP contribution >= 0.6 is 0 Å². The molecule has 1 aromatic rings. The van der Waals surface area contributed by atoms with E-state index in [-0.39, 0.29) is 48.0 Å². The van der Waals surface area contributed by atoms with Gasteiger partial charge >= 0.3 is 0 Å². The molecule has 0 aliphatic carbocycles. The number of benzene rings is 1. The maximum atomic E-state index is 2.30. The third-order valence-corrected chi connectivity index (χ3v) is 3.76. The molecule has 4 heteroatoms. The average Bonchev–Trinajstić information content (AvgIpc) is 2.32. The quantitative estimate of drug-likeness (QED) is 0.201. The van der Waals surface area contributed by atoms with E-state index in [1.807, 2.05) is 0 Å². The number of aryl methyl sites for hydroxylation is 1. The molecule has 0 heterocycles.